The molecule has 1 aromatic heterocycles. The summed E-state index contributed by atoms with van der Waals surface area (Å²) < 4.78 is 35.1. The zero-order valence-corrected chi connectivity index (χ0v) is 21.8. The van der Waals surface area contributed by atoms with E-state index in [-0.39, 0.29) is 40.1 Å². The summed E-state index contributed by atoms with van der Waals surface area (Å²) >= 11 is 12.6. The number of amides is 1. The predicted octanol–water partition coefficient (Wildman–Crippen LogP) is 3.60. The maximum absolute atomic E-state index is 13.5. The highest BCUT2D eigenvalue weighted by Crippen LogP contribution is 2.40. The summed E-state index contributed by atoms with van der Waals surface area (Å²) in [5.41, 5.74) is 1.42. The molecule has 9 nitrogen and oxygen atoms in total. The first-order valence-corrected chi connectivity index (χ1v) is 13.3. The van der Waals surface area contributed by atoms with E-state index in [2.05, 4.69) is 9.97 Å². The molecule has 2 aromatic carbocycles. The third-order valence-corrected chi connectivity index (χ3v) is 7.18. The number of hydrogen-bond acceptors (Lipinski definition) is 8. The van der Waals surface area contributed by atoms with Gasteiger partial charge < -0.3 is 14.4 Å². The summed E-state index contributed by atoms with van der Waals surface area (Å²) in [7, 11) is -1.25. The van der Waals surface area contributed by atoms with Gasteiger partial charge in [0.1, 0.15) is 17.5 Å². The second kappa shape index (κ2) is 10.0. The largest absolute Gasteiger partial charge is 0.495 e. The van der Waals surface area contributed by atoms with Gasteiger partial charge in [-0.1, -0.05) is 53.5 Å². The molecule has 0 fully saturated rings. The van der Waals surface area contributed by atoms with Gasteiger partial charge in [-0.25, -0.2) is 23.2 Å². The lowest BCUT2D eigenvalue weighted by Gasteiger charge is -2.25. The van der Waals surface area contributed by atoms with Crippen LogP contribution >= 0.6 is 23.2 Å². The van der Waals surface area contributed by atoms with Crippen LogP contribution in [-0.2, 0) is 32.3 Å². The standard InChI is InChI=1S/C24H21Cl2N3O6S/c1-34-19-10-14(16(25)11-17(19)26)20-15-12-29(22(30)21(15)28-24(27-20)36(3,32)33)18(23(31)35-2)9-13-7-5-4-6-8-13/h4-8,10-11,18H,9,12H2,1-3H3. The molecule has 1 aliphatic rings. The molecule has 0 radical (unpaired) electrons. The lowest BCUT2D eigenvalue weighted by atomic mass is 10.0. The maximum Gasteiger partial charge on any atom is 0.328 e. The minimum atomic E-state index is -3.91. The van der Waals surface area contributed by atoms with Crippen molar-refractivity contribution in [1.29, 1.82) is 0 Å². The number of nitrogens with zero attached hydrogens (tertiary/aromatic N) is 3. The van der Waals surface area contributed by atoms with Gasteiger partial charge in [-0.3, -0.25) is 4.79 Å². The average Bonchev–Trinajstić information content (AvgIpc) is 3.18. The van der Waals surface area contributed by atoms with E-state index in [4.69, 9.17) is 32.7 Å². The summed E-state index contributed by atoms with van der Waals surface area (Å²) in [6.45, 7) is -0.0680. The van der Waals surface area contributed by atoms with Crippen LogP contribution in [0.5, 0.6) is 5.75 Å². The molecule has 1 amide bonds. The van der Waals surface area contributed by atoms with Crippen molar-refractivity contribution in [3.8, 4) is 17.0 Å². The second-order valence-corrected chi connectivity index (χ2v) is 10.8. The fourth-order valence-corrected chi connectivity index (χ4v) is 5.03. The highest BCUT2D eigenvalue weighted by Gasteiger charge is 2.41. The van der Waals surface area contributed by atoms with Crippen LogP contribution in [0.25, 0.3) is 11.3 Å². The van der Waals surface area contributed by atoms with Crippen LogP contribution in [0, 0.1) is 0 Å². The molecule has 0 saturated carbocycles. The van der Waals surface area contributed by atoms with Crippen LogP contribution in [0.4, 0.5) is 0 Å². The number of halogens is 2. The smallest absolute Gasteiger partial charge is 0.328 e. The Balaban J connectivity index is 1.88. The van der Waals surface area contributed by atoms with E-state index in [9.17, 15) is 18.0 Å². The van der Waals surface area contributed by atoms with Crippen molar-refractivity contribution >= 4 is 44.9 Å². The fourth-order valence-electron chi connectivity index (χ4n) is 3.97. The number of carbonyl (C=O) groups is 2. The van der Waals surface area contributed by atoms with Crippen molar-refractivity contribution in [2.75, 3.05) is 20.5 Å². The summed E-state index contributed by atoms with van der Waals surface area (Å²) in [6.07, 6.45) is 1.12. The van der Waals surface area contributed by atoms with E-state index in [1.807, 2.05) is 30.3 Å². The molecule has 1 atom stereocenters. The lowest BCUT2D eigenvalue weighted by molar-refractivity contribution is -0.146. The molecule has 0 bridgehead atoms. The van der Waals surface area contributed by atoms with Crippen LogP contribution < -0.4 is 4.74 Å². The Labute approximate surface area is 217 Å². The van der Waals surface area contributed by atoms with E-state index >= 15 is 0 Å². The zero-order valence-electron chi connectivity index (χ0n) is 19.5. The van der Waals surface area contributed by atoms with Crippen LogP contribution in [0.2, 0.25) is 10.0 Å². The minimum absolute atomic E-state index is 0.0680. The van der Waals surface area contributed by atoms with Crippen molar-refractivity contribution in [3.63, 3.8) is 0 Å². The normalized spacial score (nSPS) is 13.9. The molecular weight excluding hydrogens is 529 g/mol. The lowest BCUT2D eigenvalue weighted by Crippen LogP contribution is -2.43. The zero-order chi connectivity index (χ0) is 26.2. The number of hydrogen-bond donors (Lipinski definition) is 0. The molecule has 36 heavy (non-hydrogen) atoms. The number of fused-ring (bicyclic) bond motifs is 1. The van der Waals surface area contributed by atoms with E-state index in [0.29, 0.717) is 11.1 Å². The molecule has 1 aliphatic heterocycles. The van der Waals surface area contributed by atoms with E-state index < -0.39 is 32.9 Å². The molecule has 0 saturated heterocycles. The Morgan fingerprint density at radius 3 is 2.36 bits per heavy atom. The van der Waals surface area contributed by atoms with E-state index in [1.54, 1.807) is 0 Å². The Hall–Kier alpha value is -3.21. The Morgan fingerprint density at radius 2 is 1.75 bits per heavy atom. The van der Waals surface area contributed by atoms with Gasteiger partial charge in [0.25, 0.3) is 5.91 Å². The molecule has 0 spiro atoms. The molecular formula is C24H21Cl2N3O6S. The molecule has 3 aromatic rings. The number of methoxy groups -OCH3 is 2. The summed E-state index contributed by atoms with van der Waals surface area (Å²) in [4.78, 5) is 35.9. The van der Waals surface area contributed by atoms with Crippen LogP contribution in [-0.4, -0.2) is 61.7 Å². The van der Waals surface area contributed by atoms with Crippen LogP contribution in [0.3, 0.4) is 0 Å². The van der Waals surface area contributed by atoms with Crippen LogP contribution in [0.1, 0.15) is 21.6 Å². The highest BCUT2D eigenvalue weighted by molar-refractivity contribution is 7.90. The number of sulfone groups is 1. The van der Waals surface area contributed by atoms with Gasteiger partial charge in [0.05, 0.1) is 36.5 Å². The molecule has 188 valence electrons. The number of ether oxygens (including phenoxy) is 2. The monoisotopic (exact) mass is 549 g/mol. The number of rotatable bonds is 7. The van der Waals surface area contributed by atoms with Crippen molar-refractivity contribution < 1.29 is 27.5 Å². The Morgan fingerprint density at radius 1 is 1.08 bits per heavy atom. The van der Waals surface area contributed by atoms with E-state index in [1.165, 1.54) is 31.3 Å². The number of aromatic nitrogens is 2. The number of esters is 1. The van der Waals surface area contributed by atoms with Crippen LogP contribution in [0.15, 0.2) is 47.6 Å². The Kier molecular flexibility index (Phi) is 7.21. The van der Waals surface area contributed by atoms with Crippen molar-refractivity contribution in [2.45, 2.75) is 24.2 Å². The SMILES string of the molecule is COC(=O)C(Cc1ccccc1)N1Cc2c(nc(S(C)(=O)=O)nc2-c2cc(OC)c(Cl)cc2Cl)C1=O. The minimum Gasteiger partial charge on any atom is -0.495 e. The first-order valence-electron chi connectivity index (χ1n) is 10.6. The van der Waals surface area contributed by atoms with Gasteiger partial charge in [-0.05, 0) is 17.7 Å². The molecule has 0 N–H and O–H groups in total. The van der Waals surface area contributed by atoms with Gasteiger partial charge in [-0.2, -0.15) is 0 Å². The third kappa shape index (κ3) is 4.88. The van der Waals surface area contributed by atoms with Crippen molar-refractivity contribution in [3.05, 3.63) is 69.3 Å². The summed E-state index contributed by atoms with van der Waals surface area (Å²) in [5.74, 6) is -0.965. The highest BCUT2D eigenvalue weighted by atomic mass is 35.5. The van der Waals surface area contributed by atoms with E-state index in [0.717, 1.165) is 11.8 Å². The molecule has 1 unspecified atom stereocenters. The maximum atomic E-state index is 13.5. The molecule has 2 heterocycles. The predicted molar refractivity (Wildman–Crippen MR) is 133 cm³/mol. The van der Waals surface area contributed by atoms with Crippen molar-refractivity contribution in [1.82, 2.24) is 14.9 Å². The summed E-state index contributed by atoms with van der Waals surface area (Å²) in [5, 5.41) is -0.137. The van der Waals surface area contributed by atoms with Gasteiger partial charge in [0, 0.05) is 23.8 Å². The molecule has 0 aliphatic carbocycles. The quantitative estimate of drug-likeness (QED) is 0.324. The first kappa shape index (κ1) is 25.9. The van der Waals surface area contributed by atoms with Gasteiger partial charge >= 0.3 is 5.97 Å². The summed E-state index contributed by atoms with van der Waals surface area (Å²) in [6, 6.07) is 11.1. The van der Waals surface area contributed by atoms with Gasteiger partial charge in [0.15, 0.2) is 0 Å². The average molecular weight is 550 g/mol. The fraction of sp³-hybridized carbons (Fsp3) is 0.250. The van der Waals surface area contributed by atoms with Crippen molar-refractivity contribution in [2.24, 2.45) is 0 Å². The number of carbonyl (C=O) groups excluding carboxylic acids is 2. The van der Waals surface area contributed by atoms with Gasteiger partial charge in [-0.15, -0.1) is 0 Å². The second-order valence-electron chi connectivity index (χ2n) is 8.08. The first-order chi connectivity index (χ1) is 17.0. The molecule has 4 rings (SSSR count). The third-order valence-electron chi connectivity index (χ3n) is 5.73. The Bertz CT molecular complexity index is 1460. The molecule has 12 heteroatoms. The number of benzene rings is 2. The van der Waals surface area contributed by atoms with Gasteiger partial charge in [0.2, 0.25) is 15.0 Å². The topological polar surface area (TPSA) is 116 Å².